The zero-order chi connectivity index (χ0) is 19.5. The van der Waals surface area contributed by atoms with E-state index in [4.69, 9.17) is 0 Å². The van der Waals surface area contributed by atoms with Gasteiger partial charge in [-0.05, 0) is 31.8 Å². The van der Waals surface area contributed by atoms with E-state index < -0.39 is 21.3 Å². The molecule has 0 saturated heterocycles. The van der Waals surface area contributed by atoms with E-state index in [-0.39, 0.29) is 11.4 Å². The lowest BCUT2D eigenvalue weighted by molar-refractivity contribution is -0.384. The van der Waals surface area contributed by atoms with Crippen LogP contribution < -0.4 is 8.91 Å². The number of amides is 1. The molecule has 1 aromatic carbocycles. The highest BCUT2D eigenvalue weighted by atomic mass is 32.2. The fourth-order valence-electron chi connectivity index (χ4n) is 1.59. The lowest BCUT2D eigenvalue weighted by Crippen LogP contribution is -2.33. The van der Waals surface area contributed by atoms with Crippen molar-refractivity contribution in [1.82, 2.24) is 9.62 Å². The number of non-ortho nitro benzene ring substituents is 1. The molecule has 1 aromatic rings. The minimum absolute atomic E-state index is 0.183. The first kappa shape index (κ1) is 22.6. The number of nitrogens with zero attached hydrogens (tertiary/aromatic N) is 2. The lowest BCUT2D eigenvalue weighted by atomic mass is 10.3. The SMILES string of the molecule is CCN(CC)CC.COC(=O)NS(=O)(=O)Oc1ccc([N+](=O)[O-])cc1. The van der Waals surface area contributed by atoms with E-state index >= 15 is 0 Å². The van der Waals surface area contributed by atoms with Crippen molar-refractivity contribution in [3.63, 3.8) is 0 Å². The second kappa shape index (κ2) is 11.2. The third-order valence-corrected chi connectivity index (χ3v) is 3.82. The van der Waals surface area contributed by atoms with Gasteiger partial charge < -0.3 is 13.8 Å². The monoisotopic (exact) mass is 377 g/mol. The highest BCUT2D eigenvalue weighted by Crippen LogP contribution is 2.18. The van der Waals surface area contributed by atoms with Crippen molar-refractivity contribution in [3.05, 3.63) is 34.4 Å². The summed E-state index contributed by atoms with van der Waals surface area (Å²) in [6, 6.07) is 4.27. The zero-order valence-corrected chi connectivity index (χ0v) is 15.4. The number of nitro benzene ring substituents is 1. The number of rotatable bonds is 7. The molecule has 142 valence electrons. The first-order chi connectivity index (χ1) is 11.7. The van der Waals surface area contributed by atoms with E-state index in [9.17, 15) is 23.3 Å². The fraction of sp³-hybridized carbons (Fsp3) is 0.500. The Kier molecular flexibility index (Phi) is 10.1. The summed E-state index contributed by atoms with van der Waals surface area (Å²) in [6.07, 6.45) is -1.21. The van der Waals surface area contributed by atoms with E-state index in [2.05, 4.69) is 34.6 Å². The molecule has 0 heterocycles. The van der Waals surface area contributed by atoms with E-state index in [1.165, 1.54) is 24.4 Å². The quantitative estimate of drug-likeness (QED) is 0.564. The number of hydrogen-bond donors (Lipinski definition) is 1. The van der Waals surface area contributed by atoms with Crippen LogP contribution in [0.2, 0.25) is 0 Å². The molecule has 25 heavy (non-hydrogen) atoms. The molecule has 0 aliphatic heterocycles. The fourth-order valence-corrected chi connectivity index (χ4v) is 2.28. The van der Waals surface area contributed by atoms with E-state index in [0.29, 0.717) is 0 Å². The Bertz CT molecular complexity index is 637. The molecule has 10 nitrogen and oxygen atoms in total. The Morgan fingerprint density at radius 3 is 1.96 bits per heavy atom. The molecule has 0 aliphatic carbocycles. The molecule has 11 heteroatoms. The van der Waals surface area contributed by atoms with Crippen molar-refractivity contribution in [2.45, 2.75) is 20.8 Å². The van der Waals surface area contributed by atoms with Gasteiger partial charge in [0.05, 0.1) is 12.0 Å². The van der Waals surface area contributed by atoms with Crippen LogP contribution in [0.5, 0.6) is 5.75 Å². The van der Waals surface area contributed by atoms with Crippen molar-refractivity contribution in [1.29, 1.82) is 0 Å². The summed E-state index contributed by atoms with van der Waals surface area (Å²) >= 11 is 0. The van der Waals surface area contributed by atoms with E-state index in [1.54, 1.807) is 0 Å². The van der Waals surface area contributed by atoms with Crippen molar-refractivity contribution in [2.24, 2.45) is 0 Å². The Balaban J connectivity index is 0.000000697. The van der Waals surface area contributed by atoms with Gasteiger partial charge >= 0.3 is 16.4 Å². The third-order valence-electron chi connectivity index (χ3n) is 2.99. The first-order valence-electron chi connectivity index (χ1n) is 7.45. The van der Waals surface area contributed by atoms with Gasteiger partial charge in [0.1, 0.15) is 5.75 Å². The van der Waals surface area contributed by atoms with Crippen LogP contribution in [0.3, 0.4) is 0 Å². The van der Waals surface area contributed by atoms with Gasteiger partial charge in [-0.25, -0.2) is 4.79 Å². The number of hydrogen-bond acceptors (Lipinski definition) is 8. The van der Waals surface area contributed by atoms with Crippen LogP contribution >= 0.6 is 0 Å². The molecular formula is C14H23N3O7S. The average molecular weight is 377 g/mol. The van der Waals surface area contributed by atoms with Crippen LogP contribution in [0.1, 0.15) is 20.8 Å². The Morgan fingerprint density at radius 1 is 1.16 bits per heavy atom. The summed E-state index contributed by atoms with van der Waals surface area (Å²) in [6.45, 7) is 10.1. The molecule has 1 N–H and O–H groups in total. The summed E-state index contributed by atoms with van der Waals surface area (Å²) in [5.74, 6) is -0.183. The molecular weight excluding hydrogens is 354 g/mol. The minimum Gasteiger partial charge on any atom is -0.452 e. The number of benzene rings is 1. The largest absolute Gasteiger partial charge is 0.452 e. The number of methoxy groups -OCH3 is 1. The van der Waals surface area contributed by atoms with Crippen molar-refractivity contribution in [3.8, 4) is 5.75 Å². The van der Waals surface area contributed by atoms with Crippen LogP contribution in [0.15, 0.2) is 24.3 Å². The van der Waals surface area contributed by atoms with Crippen molar-refractivity contribution in [2.75, 3.05) is 26.7 Å². The van der Waals surface area contributed by atoms with Crippen LogP contribution in [-0.2, 0) is 15.0 Å². The minimum atomic E-state index is -4.37. The number of nitrogens with one attached hydrogen (secondary N) is 1. The van der Waals surface area contributed by atoms with Gasteiger partial charge in [-0.2, -0.15) is 13.1 Å². The summed E-state index contributed by atoms with van der Waals surface area (Å²) in [5.41, 5.74) is -0.222. The van der Waals surface area contributed by atoms with E-state index in [0.717, 1.165) is 31.4 Å². The Labute approximate surface area is 147 Å². The highest BCUT2D eigenvalue weighted by molar-refractivity contribution is 7.85. The maximum atomic E-state index is 11.2. The molecule has 0 atom stereocenters. The second-order valence-corrected chi connectivity index (χ2v) is 5.78. The molecule has 0 fully saturated rings. The topological polar surface area (TPSA) is 128 Å². The van der Waals surface area contributed by atoms with Crippen molar-refractivity contribution < 1.29 is 27.1 Å². The summed E-state index contributed by atoms with van der Waals surface area (Å²) < 4.78 is 32.4. The smallest absolute Gasteiger partial charge is 0.423 e. The van der Waals surface area contributed by atoms with Gasteiger partial charge in [-0.3, -0.25) is 10.1 Å². The molecule has 0 bridgehead atoms. The number of ether oxygens (including phenoxy) is 1. The van der Waals surface area contributed by atoms with Gasteiger partial charge in [-0.15, -0.1) is 0 Å². The summed E-state index contributed by atoms with van der Waals surface area (Å²) in [5, 5.41) is 10.4. The van der Waals surface area contributed by atoms with Crippen LogP contribution in [0, 0.1) is 10.1 Å². The van der Waals surface area contributed by atoms with Crippen LogP contribution in [-0.4, -0.2) is 51.1 Å². The lowest BCUT2D eigenvalue weighted by Gasteiger charge is -2.13. The van der Waals surface area contributed by atoms with E-state index in [1.807, 2.05) is 0 Å². The maximum absolute atomic E-state index is 11.2. The van der Waals surface area contributed by atoms with Gasteiger partial charge in [0, 0.05) is 12.1 Å². The second-order valence-electron chi connectivity index (χ2n) is 4.50. The number of carbonyl (C=O) groups excluding carboxylic acids is 1. The first-order valence-corrected chi connectivity index (χ1v) is 8.86. The molecule has 0 spiro atoms. The molecule has 1 amide bonds. The summed E-state index contributed by atoms with van der Waals surface area (Å²) in [4.78, 5) is 22.8. The Hall–Kier alpha value is -2.40. The van der Waals surface area contributed by atoms with Gasteiger partial charge in [0.15, 0.2) is 0 Å². The number of nitro groups is 1. The average Bonchev–Trinajstić information content (AvgIpc) is 2.56. The molecule has 0 aromatic heterocycles. The molecule has 0 unspecified atom stereocenters. The predicted molar refractivity (Wildman–Crippen MR) is 91.6 cm³/mol. The van der Waals surface area contributed by atoms with Crippen molar-refractivity contribution >= 4 is 22.1 Å². The zero-order valence-electron chi connectivity index (χ0n) is 14.6. The van der Waals surface area contributed by atoms with Gasteiger partial charge in [0.25, 0.3) is 5.69 Å². The standard InChI is InChI=1S/C8H8N2O7S.C6H15N/c1-16-8(11)9-18(14,15)17-7-4-2-6(3-5-7)10(12)13;1-4-7(5-2)6-3/h2-5H,1H3,(H,9,11);4-6H2,1-3H3. The molecule has 0 saturated carbocycles. The highest BCUT2D eigenvalue weighted by Gasteiger charge is 2.17. The summed E-state index contributed by atoms with van der Waals surface area (Å²) in [7, 11) is -3.39. The molecule has 0 radical (unpaired) electrons. The third kappa shape index (κ3) is 9.47. The maximum Gasteiger partial charge on any atom is 0.423 e. The van der Waals surface area contributed by atoms with Crippen LogP contribution in [0.25, 0.3) is 0 Å². The molecule has 1 rings (SSSR count). The predicted octanol–water partition coefficient (Wildman–Crippen LogP) is 1.92. The van der Waals surface area contributed by atoms with Gasteiger partial charge in [-0.1, -0.05) is 20.8 Å². The Morgan fingerprint density at radius 2 is 1.64 bits per heavy atom. The number of carbonyl (C=O) groups is 1. The van der Waals surface area contributed by atoms with Crippen LogP contribution in [0.4, 0.5) is 10.5 Å². The molecule has 0 aliphatic rings. The normalized spacial score (nSPS) is 10.4. The van der Waals surface area contributed by atoms with Gasteiger partial charge in [0.2, 0.25) is 0 Å².